The van der Waals surface area contributed by atoms with Gasteiger partial charge in [-0.15, -0.1) is 0 Å². The van der Waals surface area contributed by atoms with E-state index in [1.807, 2.05) is 88.4 Å². The molecule has 65 heavy (non-hydrogen) atoms. The molecule has 0 aliphatic rings. The molecule has 0 spiro atoms. The maximum absolute atomic E-state index is 12.1. The van der Waals surface area contributed by atoms with Gasteiger partial charge in [-0.2, -0.15) is 0 Å². The minimum atomic E-state index is -3.59. The third-order valence-corrected chi connectivity index (χ3v) is 11.8. The molecule has 2 aromatic carbocycles. The summed E-state index contributed by atoms with van der Waals surface area (Å²) in [6.07, 6.45) is 1.94. The van der Waals surface area contributed by atoms with Crippen LogP contribution in [0.2, 0.25) is 0 Å². The van der Waals surface area contributed by atoms with Crippen LogP contribution in [0.1, 0.15) is 87.7 Å². The number of nitrogens with zero attached hydrogens (tertiary/aromatic N) is 6. The predicted molar refractivity (Wildman–Crippen MR) is 246 cm³/mol. The number of carboxylic acids is 2. The van der Waals surface area contributed by atoms with Gasteiger partial charge in [0.2, 0.25) is 31.9 Å². The number of carbonyl (C=O) groups is 2. The van der Waals surface area contributed by atoms with E-state index in [1.165, 1.54) is 26.2 Å². The first kappa shape index (κ1) is 56.7. The van der Waals surface area contributed by atoms with Crippen LogP contribution in [0.25, 0.3) is 34.7 Å². The Morgan fingerprint density at radius 3 is 1.17 bits per heavy atom. The van der Waals surface area contributed by atoms with Gasteiger partial charge in [-0.25, -0.2) is 45.4 Å². The molecule has 2 aromatic heterocycles. The zero-order valence-corrected chi connectivity index (χ0v) is 41.5. The average Bonchev–Trinajstić information content (AvgIpc) is 3.20. The van der Waals surface area contributed by atoms with Crippen LogP contribution in [0.5, 0.6) is 0 Å². The van der Waals surface area contributed by atoms with Gasteiger partial charge < -0.3 is 40.2 Å². The van der Waals surface area contributed by atoms with Crippen LogP contribution >= 0.6 is 0 Å². The second kappa shape index (κ2) is 25.5. The molecular formula is C44H56CaN6O12S2. The van der Waals surface area contributed by atoms with Gasteiger partial charge in [0.25, 0.3) is 0 Å². The predicted octanol–water partition coefficient (Wildman–Crippen LogP) is 1.48. The Balaban J connectivity index is 0.000000440. The summed E-state index contributed by atoms with van der Waals surface area (Å²) < 4.78 is 50.3. The van der Waals surface area contributed by atoms with Crippen molar-refractivity contribution >= 4 is 93.8 Å². The van der Waals surface area contributed by atoms with Crippen LogP contribution in [-0.4, -0.2) is 158 Å². The fraction of sp³-hybridized carbons (Fsp3) is 0.409. The first-order valence-corrected chi connectivity index (χ1v) is 23.8. The van der Waals surface area contributed by atoms with Gasteiger partial charge in [0.05, 0.1) is 59.7 Å². The van der Waals surface area contributed by atoms with E-state index in [0.717, 1.165) is 32.2 Å². The van der Waals surface area contributed by atoms with Crippen molar-refractivity contribution in [3.63, 3.8) is 0 Å². The van der Waals surface area contributed by atoms with Crippen molar-refractivity contribution < 1.29 is 57.1 Å². The van der Waals surface area contributed by atoms with Gasteiger partial charge in [-0.3, -0.25) is 0 Å². The number of anilines is 2. The number of benzene rings is 2. The summed E-state index contributed by atoms with van der Waals surface area (Å²) in [6, 6.07) is 18.3. The van der Waals surface area contributed by atoms with Crippen molar-refractivity contribution in [2.24, 2.45) is 0 Å². The van der Waals surface area contributed by atoms with Crippen LogP contribution in [0, 0.1) is 0 Å². The number of rotatable bonds is 20. The van der Waals surface area contributed by atoms with Crippen LogP contribution in [0.15, 0.2) is 72.8 Å². The molecule has 4 atom stereocenters. The summed E-state index contributed by atoms with van der Waals surface area (Å²) in [5, 5.41) is 61.2. The second-order valence-corrected chi connectivity index (χ2v) is 19.7. The van der Waals surface area contributed by atoms with Crippen molar-refractivity contribution in [3.05, 3.63) is 95.3 Å². The normalized spacial score (nSPS) is 13.8. The molecule has 0 aliphatic heterocycles. The second-order valence-electron chi connectivity index (χ2n) is 15.6. The molecule has 21 heteroatoms. The minimum Gasteiger partial charge on any atom is -0.550 e. The average molecular weight is 965 g/mol. The number of sulfonamides is 2. The number of aliphatic hydroxyl groups is 4. The molecule has 0 bridgehead atoms. The van der Waals surface area contributed by atoms with E-state index in [4.69, 9.17) is 0 Å². The Morgan fingerprint density at radius 2 is 0.908 bits per heavy atom. The molecule has 0 unspecified atom stereocenters. The monoisotopic (exact) mass is 964 g/mol. The van der Waals surface area contributed by atoms with Crippen molar-refractivity contribution in [1.29, 1.82) is 0 Å². The van der Waals surface area contributed by atoms with E-state index in [1.54, 1.807) is 12.2 Å². The number of aliphatic carboxylic acids is 2. The van der Waals surface area contributed by atoms with Crippen molar-refractivity contribution in [2.45, 2.75) is 89.6 Å². The summed E-state index contributed by atoms with van der Waals surface area (Å²) in [7, 11) is -4.43. The number of hydrogen-bond acceptors (Lipinski definition) is 16. The number of aliphatic hydroxyl groups excluding tert-OH is 4. The number of carboxylic acid groups (broad SMARTS) is 2. The zero-order valence-electron chi connectivity index (χ0n) is 37.6. The van der Waals surface area contributed by atoms with E-state index in [9.17, 15) is 57.1 Å². The summed E-state index contributed by atoms with van der Waals surface area (Å²) in [4.78, 5) is 39.2. The fourth-order valence-corrected chi connectivity index (χ4v) is 6.81. The first-order valence-electron chi connectivity index (χ1n) is 20.1. The molecular weight excluding hydrogens is 909 g/mol. The standard InChI is InChI=1S/2C22H29N3O6S.Ca/c2*1-14(2)20-18(11-10-16(26)12-17(27)13-19(28)29)21(15-8-6-5-7-9-15)24-22(23-20)25(3)32(4,30)31;/h2*5-11,14,16-17,26-27H,12-13H2,1-4H3,(H,28,29);/q;;+2/p-2/b2*11-10+;/t2*16-,17-;/m11./s1. The summed E-state index contributed by atoms with van der Waals surface area (Å²) in [6.45, 7) is 7.61. The summed E-state index contributed by atoms with van der Waals surface area (Å²) in [5.41, 5.74) is 4.74. The molecule has 4 aromatic rings. The fourth-order valence-electron chi connectivity index (χ4n) is 6.05. The minimum absolute atomic E-state index is 0. The van der Waals surface area contributed by atoms with E-state index in [0.29, 0.717) is 33.9 Å². The Bertz CT molecular complexity index is 2320. The zero-order chi connectivity index (χ0) is 48.1. The molecule has 0 aliphatic carbocycles. The summed E-state index contributed by atoms with van der Waals surface area (Å²) in [5.74, 6) is -2.96. The molecule has 0 saturated heterocycles. The first-order chi connectivity index (χ1) is 29.8. The Morgan fingerprint density at radius 1 is 0.600 bits per heavy atom. The number of aromatic nitrogens is 4. The molecule has 0 saturated carbocycles. The van der Waals surface area contributed by atoms with E-state index < -0.39 is 69.2 Å². The van der Waals surface area contributed by atoms with E-state index in [-0.39, 0.29) is 74.3 Å². The number of hydrogen-bond donors (Lipinski definition) is 4. The number of carbonyl (C=O) groups excluding carboxylic acids is 2. The maximum atomic E-state index is 12.1. The molecule has 348 valence electrons. The Labute approximate surface area is 410 Å². The quantitative estimate of drug-likeness (QED) is 0.0913. The molecule has 0 fully saturated rings. The largest absolute Gasteiger partial charge is 2.00 e. The van der Waals surface area contributed by atoms with Gasteiger partial charge in [0, 0.05) is 74.0 Å². The van der Waals surface area contributed by atoms with Crippen LogP contribution in [0.4, 0.5) is 11.9 Å². The molecule has 18 nitrogen and oxygen atoms in total. The Hall–Kier alpha value is -4.38. The van der Waals surface area contributed by atoms with E-state index >= 15 is 0 Å². The van der Waals surface area contributed by atoms with Gasteiger partial charge >= 0.3 is 37.7 Å². The summed E-state index contributed by atoms with van der Waals surface area (Å²) >= 11 is 0. The molecule has 2 heterocycles. The third-order valence-electron chi connectivity index (χ3n) is 9.47. The van der Waals surface area contributed by atoms with Crippen LogP contribution in [-0.2, 0) is 29.6 Å². The molecule has 4 N–H and O–H groups in total. The van der Waals surface area contributed by atoms with E-state index in [2.05, 4.69) is 19.9 Å². The van der Waals surface area contributed by atoms with Crippen molar-refractivity contribution in [1.82, 2.24) is 19.9 Å². The van der Waals surface area contributed by atoms with Crippen molar-refractivity contribution in [2.75, 3.05) is 35.2 Å². The van der Waals surface area contributed by atoms with Gasteiger partial charge in [0.15, 0.2) is 0 Å². The maximum Gasteiger partial charge on any atom is 2.00 e. The Kier molecular flexibility index (Phi) is 22.3. The van der Waals surface area contributed by atoms with Gasteiger partial charge in [-0.05, 0) is 11.8 Å². The topological polar surface area (TPSA) is 287 Å². The van der Waals surface area contributed by atoms with Gasteiger partial charge in [0.1, 0.15) is 0 Å². The third kappa shape index (κ3) is 17.7. The van der Waals surface area contributed by atoms with Crippen LogP contribution < -0.4 is 18.8 Å². The van der Waals surface area contributed by atoms with Crippen LogP contribution in [0.3, 0.4) is 0 Å². The molecule has 0 radical (unpaired) electrons. The van der Waals surface area contributed by atoms with Crippen molar-refractivity contribution in [3.8, 4) is 22.5 Å². The molecule has 0 amide bonds. The molecule has 4 rings (SSSR count). The SMILES string of the molecule is CC(C)c1nc(N(C)S(C)(=O)=O)nc(-c2ccccc2)c1/C=C/[C@@H](O)C[C@@H](O)CC(=O)[O-].CC(C)c1nc(N(C)S(C)(=O)=O)nc(-c2ccccc2)c1/C=C/[C@@H](O)C[C@@H](O)CC(=O)[O-].[Ca+2]. The van der Waals surface area contributed by atoms with Gasteiger partial charge in [-0.1, -0.05) is 113 Å². The smallest absolute Gasteiger partial charge is 0.550 e.